The van der Waals surface area contributed by atoms with E-state index in [0.29, 0.717) is 19.4 Å². The Morgan fingerprint density at radius 2 is 2.19 bits per heavy atom. The Balaban J connectivity index is 2.35. The molecular weight excluding hydrogens is 294 g/mol. The highest BCUT2D eigenvalue weighted by atomic mass is 32.2. The lowest BCUT2D eigenvalue weighted by Gasteiger charge is -2.31. The highest BCUT2D eigenvalue weighted by Gasteiger charge is 2.37. The van der Waals surface area contributed by atoms with Gasteiger partial charge in [0, 0.05) is 13.7 Å². The van der Waals surface area contributed by atoms with Crippen LogP contribution in [-0.2, 0) is 26.2 Å². The number of ether oxygens (including phenoxy) is 1. The quantitative estimate of drug-likeness (QED) is 0.889. The molecule has 0 saturated carbocycles. The predicted octanol–water partition coefficient (Wildman–Crippen LogP) is 1.46. The van der Waals surface area contributed by atoms with Gasteiger partial charge >= 0.3 is 5.97 Å². The average molecular weight is 313 g/mol. The van der Waals surface area contributed by atoms with Crippen LogP contribution in [0.4, 0.5) is 0 Å². The number of sulfonamides is 1. The largest absolute Gasteiger partial charge is 0.480 e. The molecule has 1 fully saturated rings. The fourth-order valence-electron chi connectivity index (χ4n) is 2.54. The van der Waals surface area contributed by atoms with Crippen molar-refractivity contribution >= 4 is 16.0 Å². The Labute approximate surface area is 124 Å². The Hall–Kier alpha value is -1.44. The van der Waals surface area contributed by atoms with E-state index in [9.17, 15) is 18.3 Å². The van der Waals surface area contributed by atoms with Gasteiger partial charge in [-0.25, -0.2) is 8.42 Å². The number of methoxy groups -OCH3 is 1. The van der Waals surface area contributed by atoms with E-state index in [0.717, 1.165) is 16.3 Å². The lowest BCUT2D eigenvalue weighted by Crippen LogP contribution is -2.47. The first kappa shape index (κ1) is 15.9. The highest BCUT2D eigenvalue weighted by molar-refractivity contribution is 7.89. The summed E-state index contributed by atoms with van der Waals surface area (Å²) < 4.78 is 31.5. The van der Waals surface area contributed by atoms with Gasteiger partial charge in [0.05, 0.1) is 11.5 Å². The summed E-state index contributed by atoms with van der Waals surface area (Å²) in [6, 6.07) is 5.46. The summed E-state index contributed by atoms with van der Waals surface area (Å²) >= 11 is 0. The molecule has 6 nitrogen and oxygen atoms in total. The van der Waals surface area contributed by atoms with Crippen LogP contribution in [0, 0.1) is 0 Å². The van der Waals surface area contributed by atoms with E-state index in [4.69, 9.17) is 4.74 Å². The van der Waals surface area contributed by atoms with E-state index in [1.165, 1.54) is 19.2 Å². The average Bonchev–Trinajstić information content (AvgIpc) is 2.48. The monoisotopic (exact) mass is 313 g/mol. The van der Waals surface area contributed by atoms with Gasteiger partial charge in [0.1, 0.15) is 6.04 Å². The van der Waals surface area contributed by atoms with Gasteiger partial charge in [-0.3, -0.25) is 4.79 Å². The molecule has 1 aromatic rings. The van der Waals surface area contributed by atoms with Gasteiger partial charge in [-0.15, -0.1) is 0 Å². The minimum Gasteiger partial charge on any atom is -0.480 e. The predicted molar refractivity (Wildman–Crippen MR) is 76.3 cm³/mol. The summed E-state index contributed by atoms with van der Waals surface area (Å²) in [7, 11) is -2.27. The van der Waals surface area contributed by atoms with Crippen LogP contribution in [0.5, 0.6) is 0 Å². The van der Waals surface area contributed by atoms with Crippen molar-refractivity contribution in [3.63, 3.8) is 0 Å². The van der Waals surface area contributed by atoms with Crippen molar-refractivity contribution in [3.05, 3.63) is 29.8 Å². The summed E-state index contributed by atoms with van der Waals surface area (Å²) in [5.74, 6) is -1.09. The molecule has 1 heterocycles. The summed E-state index contributed by atoms with van der Waals surface area (Å²) in [6.07, 6.45) is 1.76. The molecule has 0 radical (unpaired) electrons. The lowest BCUT2D eigenvalue weighted by atomic mass is 10.1. The minimum atomic E-state index is -3.80. The molecule has 1 aliphatic heterocycles. The SMILES string of the molecule is COCc1cccc(S(=O)(=O)N2CCCC[C@H]2C(=O)O)c1. The third kappa shape index (κ3) is 3.42. The van der Waals surface area contributed by atoms with E-state index in [2.05, 4.69) is 0 Å². The van der Waals surface area contributed by atoms with Crippen LogP contribution in [0.1, 0.15) is 24.8 Å². The number of hydrogen-bond acceptors (Lipinski definition) is 4. The zero-order valence-electron chi connectivity index (χ0n) is 11.9. The van der Waals surface area contributed by atoms with Crippen LogP contribution in [0.3, 0.4) is 0 Å². The third-order valence-electron chi connectivity index (χ3n) is 3.55. The van der Waals surface area contributed by atoms with Gasteiger partial charge < -0.3 is 9.84 Å². The van der Waals surface area contributed by atoms with Crippen molar-refractivity contribution in [3.8, 4) is 0 Å². The fraction of sp³-hybridized carbons (Fsp3) is 0.500. The van der Waals surface area contributed by atoms with Crippen molar-refractivity contribution in [1.82, 2.24) is 4.31 Å². The first-order chi connectivity index (χ1) is 9.96. The molecule has 1 aliphatic rings. The van der Waals surface area contributed by atoms with E-state index < -0.39 is 22.0 Å². The molecule has 1 atom stereocenters. The number of aliphatic carboxylic acids is 1. The van der Waals surface area contributed by atoms with Gasteiger partial charge in [0.2, 0.25) is 10.0 Å². The van der Waals surface area contributed by atoms with Crippen LogP contribution >= 0.6 is 0 Å². The topological polar surface area (TPSA) is 83.9 Å². The number of rotatable bonds is 5. The molecule has 21 heavy (non-hydrogen) atoms. The summed E-state index contributed by atoms with van der Waals surface area (Å²) in [5.41, 5.74) is 0.738. The molecule has 1 aromatic carbocycles. The molecule has 116 valence electrons. The smallest absolute Gasteiger partial charge is 0.322 e. The second-order valence-corrected chi connectivity index (χ2v) is 6.94. The Morgan fingerprint density at radius 3 is 2.86 bits per heavy atom. The van der Waals surface area contributed by atoms with E-state index in [-0.39, 0.29) is 11.4 Å². The second-order valence-electron chi connectivity index (χ2n) is 5.05. The molecule has 1 N–H and O–H groups in total. The molecule has 0 aromatic heterocycles. The van der Waals surface area contributed by atoms with E-state index in [1.807, 2.05) is 0 Å². The maximum atomic E-state index is 12.7. The first-order valence-electron chi connectivity index (χ1n) is 6.79. The summed E-state index contributed by atoms with van der Waals surface area (Å²) in [5, 5.41) is 9.23. The second kappa shape index (κ2) is 6.55. The van der Waals surface area contributed by atoms with Crippen LogP contribution < -0.4 is 0 Å². The normalized spacial score (nSPS) is 20.3. The summed E-state index contributed by atoms with van der Waals surface area (Å²) in [6.45, 7) is 0.555. The zero-order valence-corrected chi connectivity index (χ0v) is 12.7. The number of nitrogens with zero attached hydrogens (tertiary/aromatic N) is 1. The molecule has 0 amide bonds. The molecule has 2 rings (SSSR count). The van der Waals surface area contributed by atoms with Gasteiger partial charge in [0.15, 0.2) is 0 Å². The van der Waals surface area contributed by atoms with Crippen LogP contribution in [0.2, 0.25) is 0 Å². The maximum absolute atomic E-state index is 12.7. The number of benzene rings is 1. The van der Waals surface area contributed by atoms with Gasteiger partial charge in [0.25, 0.3) is 0 Å². The molecular formula is C14H19NO5S. The summed E-state index contributed by atoms with van der Waals surface area (Å²) in [4.78, 5) is 11.4. The number of carboxylic acid groups (broad SMARTS) is 1. The van der Waals surface area contributed by atoms with Crippen LogP contribution in [-0.4, -0.2) is 43.5 Å². The van der Waals surface area contributed by atoms with Gasteiger partial charge in [-0.1, -0.05) is 12.1 Å². The molecule has 0 unspecified atom stereocenters. The van der Waals surface area contributed by atoms with Crippen molar-refractivity contribution in [2.75, 3.05) is 13.7 Å². The molecule has 7 heteroatoms. The van der Waals surface area contributed by atoms with Crippen molar-refractivity contribution < 1.29 is 23.1 Å². The minimum absolute atomic E-state index is 0.116. The number of hydrogen-bond donors (Lipinski definition) is 1. The number of carboxylic acids is 1. The van der Waals surface area contributed by atoms with Crippen molar-refractivity contribution in [1.29, 1.82) is 0 Å². The Kier molecular flexibility index (Phi) is 4.97. The van der Waals surface area contributed by atoms with Crippen LogP contribution in [0.25, 0.3) is 0 Å². The standard InChI is InChI=1S/C14H19NO5S/c1-20-10-11-5-4-6-12(9-11)21(18,19)15-8-3-2-7-13(15)14(16)17/h4-6,9,13H,2-3,7-8,10H2,1H3,(H,16,17)/t13-/m0/s1. The third-order valence-corrected chi connectivity index (χ3v) is 5.46. The Bertz CT molecular complexity index is 614. The molecule has 1 saturated heterocycles. The number of piperidine rings is 1. The molecule has 0 spiro atoms. The van der Waals surface area contributed by atoms with E-state index >= 15 is 0 Å². The zero-order chi connectivity index (χ0) is 15.5. The van der Waals surface area contributed by atoms with Crippen molar-refractivity contribution in [2.45, 2.75) is 36.8 Å². The number of carbonyl (C=O) groups is 1. The van der Waals surface area contributed by atoms with Crippen LogP contribution in [0.15, 0.2) is 29.2 Å². The molecule has 0 aliphatic carbocycles. The highest BCUT2D eigenvalue weighted by Crippen LogP contribution is 2.26. The lowest BCUT2D eigenvalue weighted by molar-refractivity contribution is -0.142. The van der Waals surface area contributed by atoms with Crippen molar-refractivity contribution in [2.24, 2.45) is 0 Å². The maximum Gasteiger partial charge on any atom is 0.322 e. The van der Waals surface area contributed by atoms with E-state index in [1.54, 1.807) is 12.1 Å². The van der Waals surface area contributed by atoms with Gasteiger partial charge in [-0.2, -0.15) is 4.31 Å². The molecule has 0 bridgehead atoms. The fourth-order valence-corrected chi connectivity index (χ4v) is 4.26. The Morgan fingerprint density at radius 1 is 1.43 bits per heavy atom. The van der Waals surface area contributed by atoms with Gasteiger partial charge in [-0.05, 0) is 37.0 Å². The first-order valence-corrected chi connectivity index (χ1v) is 8.23.